The lowest BCUT2D eigenvalue weighted by atomic mass is 10.3. The molecular formula is C17H20N6S. The summed E-state index contributed by atoms with van der Waals surface area (Å²) in [6, 6.07) is 9.83. The van der Waals surface area contributed by atoms with Gasteiger partial charge in [0.15, 0.2) is 5.11 Å². The van der Waals surface area contributed by atoms with Crippen molar-refractivity contribution in [3.8, 4) is 0 Å². The van der Waals surface area contributed by atoms with Crippen LogP contribution in [0.5, 0.6) is 0 Å². The Kier molecular flexibility index (Phi) is 5.32. The van der Waals surface area contributed by atoms with E-state index < -0.39 is 0 Å². The fourth-order valence-electron chi connectivity index (χ4n) is 2.56. The van der Waals surface area contributed by atoms with Crippen LogP contribution in [0.1, 0.15) is 12.6 Å². The van der Waals surface area contributed by atoms with E-state index >= 15 is 0 Å². The second kappa shape index (κ2) is 7.83. The Morgan fingerprint density at radius 1 is 1.08 bits per heavy atom. The van der Waals surface area contributed by atoms with E-state index in [1.165, 1.54) is 5.69 Å². The van der Waals surface area contributed by atoms with Crippen molar-refractivity contribution >= 4 is 28.7 Å². The lowest BCUT2D eigenvalue weighted by Gasteiger charge is -2.36. The molecule has 2 aromatic heterocycles. The minimum Gasteiger partial charge on any atom is -0.368 e. The lowest BCUT2D eigenvalue weighted by molar-refractivity contribution is 0.381. The van der Waals surface area contributed by atoms with Gasteiger partial charge in [0.1, 0.15) is 0 Å². The molecule has 0 radical (unpaired) electrons. The molecule has 1 fully saturated rings. The first-order valence-corrected chi connectivity index (χ1v) is 8.30. The van der Waals surface area contributed by atoms with E-state index in [-0.39, 0.29) is 0 Å². The summed E-state index contributed by atoms with van der Waals surface area (Å²) in [4.78, 5) is 12.8. The number of pyridine rings is 2. The van der Waals surface area contributed by atoms with Crippen LogP contribution in [0.15, 0.2) is 54.0 Å². The van der Waals surface area contributed by atoms with Gasteiger partial charge in [-0.2, -0.15) is 5.10 Å². The number of rotatable bonds is 3. The molecule has 7 heteroatoms. The molecule has 1 aliphatic heterocycles. The van der Waals surface area contributed by atoms with E-state index in [0.29, 0.717) is 5.11 Å². The zero-order valence-corrected chi connectivity index (χ0v) is 14.4. The largest absolute Gasteiger partial charge is 0.368 e. The number of hydrazone groups is 1. The van der Waals surface area contributed by atoms with Gasteiger partial charge in [0.2, 0.25) is 0 Å². The lowest BCUT2D eigenvalue weighted by Crippen LogP contribution is -2.51. The highest BCUT2D eigenvalue weighted by atomic mass is 32.1. The van der Waals surface area contributed by atoms with Crippen molar-refractivity contribution in [3.05, 3.63) is 54.6 Å². The van der Waals surface area contributed by atoms with E-state index in [2.05, 4.69) is 30.3 Å². The maximum absolute atomic E-state index is 5.46. The van der Waals surface area contributed by atoms with Gasteiger partial charge in [-0.1, -0.05) is 6.07 Å². The van der Waals surface area contributed by atoms with Crippen LogP contribution in [0.2, 0.25) is 0 Å². The van der Waals surface area contributed by atoms with Crippen LogP contribution in [0, 0.1) is 0 Å². The van der Waals surface area contributed by atoms with Crippen molar-refractivity contribution in [1.29, 1.82) is 0 Å². The third-order valence-corrected chi connectivity index (χ3v) is 4.30. The van der Waals surface area contributed by atoms with Crippen molar-refractivity contribution in [3.63, 3.8) is 0 Å². The van der Waals surface area contributed by atoms with Crippen LogP contribution >= 0.6 is 12.2 Å². The maximum atomic E-state index is 5.46. The number of nitrogens with zero attached hydrogens (tertiary/aromatic N) is 5. The van der Waals surface area contributed by atoms with Crippen molar-refractivity contribution in [2.24, 2.45) is 5.10 Å². The number of thiocarbonyl (C=S) groups is 1. The summed E-state index contributed by atoms with van der Waals surface area (Å²) in [5, 5.41) is 5.00. The molecule has 0 aliphatic carbocycles. The molecule has 0 saturated carbocycles. The third-order valence-electron chi connectivity index (χ3n) is 3.95. The maximum Gasteiger partial charge on any atom is 0.189 e. The van der Waals surface area contributed by atoms with E-state index in [1.54, 1.807) is 6.20 Å². The molecule has 24 heavy (non-hydrogen) atoms. The molecule has 0 aromatic carbocycles. The number of hydrogen-bond donors (Lipinski definition) is 1. The quantitative estimate of drug-likeness (QED) is 0.523. The molecule has 6 nitrogen and oxygen atoms in total. The number of aromatic nitrogens is 2. The van der Waals surface area contributed by atoms with Gasteiger partial charge < -0.3 is 9.80 Å². The van der Waals surface area contributed by atoms with Crippen LogP contribution in [0.25, 0.3) is 0 Å². The van der Waals surface area contributed by atoms with Crippen molar-refractivity contribution in [2.45, 2.75) is 6.92 Å². The molecule has 3 heterocycles. The van der Waals surface area contributed by atoms with Gasteiger partial charge in [-0.25, -0.2) is 0 Å². The fourth-order valence-corrected chi connectivity index (χ4v) is 2.79. The molecule has 0 unspecified atom stereocenters. The molecule has 1 aliphatic rings. The molecule has 1 saturated heterocycles. The fraction of sp³-hybridized carbons (Fsp3) is 0.294. The number of nitrogens with one attached hydrogen (secondary N) is 1. The Bertz CT molecular complexity index is 696. The molecular weight excluding hydrogens is 320 g/mol. The van der Waals surface area contributed by atoms with Crippen LogP contribution in [0.3, 0.4) is 0 Å². The highest BCUT2D eigenvalue weighted by molar-refractivity contribution is 7.80. The van der Waals surface area contributed by atoms with Crippen molar-refractivity contribution in [2.75, 3.05) is 31.1 Å². The topological polar surface area (TPSA) is 56.7 Å². The predicted octanol–water partition coefficient (Wildman–Crippen LogP) is 1.90. The van der Waals surface area contributed by atoms with Gasteiger partial charge in [-0.15, -0.1) is 0 Å². The van der Waals surface area contributed by atoms with E-state index in [4.69, 9.17) is 12.2 Å². The van der Waals surface area contributed by atoms with Gasteiger partial charge in [-0.05, 0) is 43.4 Å². The number of piperazine rings is 1. The standard InChI is InChI=1S/C17H20N6S/c1-14(16-4-2-3-7-19-16)20-21-17(24)23-12-10-22(11-13-23)15-5-8-18-9-6-15/h2-9H,10-13H2,1H3,(H,21,24)/b20-14-. The first-order valence-electron chi connectivity index (χ1n) is 7.89. The van der Waals surface area contributed by atoms with Gasteiger partial charge in [0.25, 0.3) is 0 Å². The second-order valence-electron chi connectivity index (χ2n) is 5.51. The van der Waals surface area contributed by atoms with Crippen LogP contribution in [-0.2, 0) is 0 Å². The molecule has 0 spiro atoms. The molecule has 0 amide bonds. The highest BCUT2D eigenvalue weighted by Crippen LogP contribution is 2.14. The number of anilines is 1. The zero-order chi connectivity index (χ0) is 16.8. The average Bonchev–Trinajstić information content (AvgIpc) is 2.67. The van der Waals surface area contributed by atoms with Gasteiger partial charge in [0.05, 0.1) is 11.4 Å². The van der Waals surface area contributed by atoms with E-state index in [0.717, 1.165) is 37.6 Å². The molecule has 0 atom stereocenters. The predicted molar refractivity (Wildman–Crippen MR) is 100 cm³/mol. The molecule has 124 valence electrons. The third kappa shape index (κ3) is 4.05. The Balaban J connectivity index is 1.52. The summed E-state index contributed by atoms with van der Waals surface area (Å²) in [6.07, 6.45) is 5.40. The summed E-state index contributed by atoms with van der Waals surface area (Å²) < 4.78 is 0. The van der Waals surface area contributed by atoms with Gasteiger partial charge in [0, 0.05) is 50.5 Å². The van der Waals surface area contributed by atoms with Crippen molar-refractivity contribution < 1.29 is 0 Å². The summed E-state index contributed by atoms with van der Waals surface area (Å²) >= 11 is 5.46. The minimum absolute atomic E-state index is 0.652. The van der Waals surface area contributed by atoms with E-state index in [9.17, 15) is 0 Å². The molecule has 1 N–H and O–H groups in total. The highest BCUT2D eigenvalue weighted by Gasteiger charge is 2.18. The first kappa shape index (κ1) is 16.3. The Hall–Kier alpha value is -2.54. The first-order chi connectivity index (χ1) is 11.7. The normalized spacial score (nSPS) is 15.3. The smallest absolute Gasteiger partial charge is 0.189 e. The summed E-state index contributed by atoms with van der Waals surface area (Å²) in [6.45, 7) is 5.50. The Morgan fingerprint density at radius 2 is 1.83 bits per heavy atom. The summed E-state index contributed by atoms with van der Waals surface area (Å²) in [7, 11) is 0. The van der Waals surface area contributed by atoms with Crippen LogP contribution in [-0.4, -0.2) is 51.9 Å². The minimum atomic E-state index is 0.652. The average molecular weight is 340 g/mol. The second-order valence-corrected chi connectivity index (χ2v) is 5.90. The monoisotopic (exact) mass is 340 g/mol. The van der Waals surface area contributed by atoms with Crippen LogP contribution < -0.4 is 10.3 Å². The summed E-state index contributed by atoms with van der Waals surface area (Å²) in [5.74, 6) is 0. The van der Waals surface area contributed by atoms with Gasteiger partial charge in [-0.3, -0.25) is 15.4 Å². The van der Waals surface area contributed by atoms with E-state index in [1.807, 2.05) is 49.6 Å². The van der Waals surface area contributed by atoms with Crippen LogP contribution in [0.4, 0.5) is 5.69 Å². The van der Waals surface area contributed by atoms with Crippen molar-refractivity contribution in [1.82, 2.24) is 20.3 Å². The Labute approximate surface area is 147 Å². The SMILES string of the molecule is C/C(=N/NC(=S)N1CCN(c2ccncc2)CC1)c1ccccn1. The molecule has 3 rings (SSSR count). The Morgan fingerprint density at radius 3 is 2.50 bits per heavy atom. The van der Waals surface area contributed by atoms with Gasteiger partial charge >= 0.3 is 0 Å². The summed E-state index contributed by atoms with van der Waals surface area (Å²) in [5.41, 5.74) is 5.84. The number of hydrogen-bond acceptors (Lipinski definition) is 5. The molecule has 0 bridgehead atoms. The molecule has 2 aromatic rings. The zero-order valence-electron chi connectivity index (χ0n) is 13.6.